The van der Waals surface area contributed by atoms with E-state index in [9.17, 15) is 0 Å². The van der Waals surface area contributed by atoms with Crippen LogP contribution in [0.25, 0.3) is 6.08 Å². The SMILES string of the molecule is CCC(C)=CC(=Cc1c(C)ccn1N)C1CCCCCC(C)CC1. The standard InChI is InChI=1S/C22H36N2/c1-5-17(2)15-21(16-22-19(4)13-14-24(22)23)20-10-8-6-7-9-18(3)11-12-20/h13-16,18,20H,5-12,23H2,1-4H3. The molecule has 1 fully saturated rings. The number of allylic oxidation sites excluding steroid dienone is 3. The van der Waals surface area contributed by atoms with Crippen molar-refractivity contribution in [2.24, 2.45) is 11.8 Å². The van der Waals surface area contributed by atoms with Gasteiger partial charge in [-0.25, -0.2) is 0 Å². The fraction of sp³-hybridized carbons (Fsp3) is 0.636. The largest absolute Gasteiger partial charge is 0.339 e. The maximum atomic E-state index is 6.14. The van der Waals surface area contributed by atoms with Gasteiger partial charge in [0.05, 0.1) is 5.69 Å². The molecule has 1 aromatic rings. The van der Waals surface area contributed by atoms with Crippen LogP contribution in [0.3, 0.4) is 0 Å². The summed E-state index contributed by atoms with van der Waals surface area (Å²) in [6.07, 6.45) is 17.4. The lowest BCUT2D eigenvalue weighted by Gasteiger charge is -2.20. The van der Waals surface area contributed by atoms with Crippen LogP contribution in [-0.4, -0.2) is 4.68 Å². The molecule has 24 heavy (non-hydrogen) atoms. The summed E-state index contributed by atoms with van der Waals surface area (Å²) in [6.45, 7) is 9.06. The van der Waals surface area contributed by atoms with Crippen LogP contribution in [0.2, 0.25) is 0 Å². The number of aryl methyl sites for hydroxylation is 1. The van der Waals surface area contributed by atoms with Crippen molar-refractivity contribution in [3.8, 4) is 0 Å². The van der Waals surface area contributed by atoms with Crippen molar-refractivity contribution >= 4 is 6.08 Å². The molecule has 2 nitrogen and oxygen atoms in total. The third-order valence-electron chi connectivity index (χ3n) is 5.67. The van der Waals surface area contributed by atoms with Crippen molar-refractivity contribution in [2.75, 3.05) is 5.84 Å². The third kappa shape index (κ3) is 5.29. The summed E-state index contributed by atoms with van der Waals surface area (Å²) in [5, 5.41) is 0. The van der Waals surface area contributed by atoms with Crippen LogP contribution in [0, 0.1) is 18.8 Å². The minimum atomic E-state index is 0.668. The Kier molecular flexibility index (Phi) is 7.20. The van der Waals surface area contributed by atoms with E-state index >= 15 is 0 Å². The monoisotopic (exact) mass is 328 g/mol. The van der Waals surface area contributed by atoms with Gasteiger partial charge in [0.25, 0.3) is 0 Å². The summed E-state index contributed by atoms with van der Waals surface area (Å²) >= 11 is 0. The highest BCUT2D eigenvalue weighted by molar-refractivity contribution is 5.57. The summed E-state index contributed by atoms with van der Waals surface area (Å²) in [5.74, 6) is 7.67. The van der Waals surface area contributed by atoms with Crippen LogP contribution in [0.4, 0.5) is 0 Å². The first-order valence-corrected chi connectivity index (χ1v) is 9.83. The van der Waals surface area contributed by atoms with Gasteiger partial charge in [0, 0.05) is 6.20 Å². The predicted molar refractivity (Wildman–Crippen MR) is 106 cm³/mol. The second-order valence-electron chi connectivity index (χ2n) is 7.80. The molecule has 1 aliphatic carbocycles. The number of hydrogen-bond acceptors (Lipinski definition) is 1. The first-order valence-electron chi connectivity index (χ1n) is 9.83. The molecule has 2 rings (SSSR count). The van der Waals surface area contributed by atoms with E-state index in [1.54, 1.807) is 4.68 Å². The summed E-state index contributed by atoms with van der Waals surface area (Å²) in [4.78, 5) is 0. The maximum absolute atomic E-state index is 6.14. The van der Waals surface area contributed by atoms with Crippen molar-refractivity contribution in [2.45, 2.75) is 79.1 Å². The number of nitrogen functional groups attached to an aromatic ring is 1. The van der Waals surface area contributed by atoms with Crippen LogP contribution in [-0.2, 0) is 0 Å². The number of hydrogen-bond donors (Lipinski definition) is 1. The molecule has 0 radical (unpaired) electrons. The van der Waals surface area contributed by atoms with Crippen LogP contribution in [0.5, 0.6) is 0 Å². The molecule has 2 atom stereocenters. The van der Waals surface area contributed by atoms with E-state index < -0.39 is 0 Å². The van der Waals surface area contributed by atoms with Crippen molar-refractivity contribution in [1.82, 2.24) is 4.68 Å². The molecule has 0 saturated heterocycles. The van der Waals surface area contributed by atoms with Crippen LogP contribution in [0.1, 0.15) is 83.4 Å². The molecule has 1 aliphatic rings. The molecule has 0 bridgehead atoms. The molecule has 0 aromatic carbocycles. The molecule has 1 aromatic heterocycles. The Morgan fingerprint density at radius 2 is 1.96 bits per heavy atom. The Balaban J connectivity index is 2.33. The molecule has 134 valence electrons. The van der Waals surface area contributed by atoms with Gasteiger partial charge in [-0.1, -0.05) is 57.6 Å². The smallest absolute Gasteiger partial charge is 0.0649 e. The summed E-state index contributed by atoms with van der Waals surface area (Å²) in [7, 11) is 0. The number of nitrogens with two attached hydrogens (primary N) is 1. The Morgan fingerprint density at radius 1 is 1.21 bits per heavy atom. The second-order valence-corrected chi connectivity index (χ2v) is 7.80. The van der Waals surface area contributed by atoms with Crippen LogP contribution >= 0.6 is 0 Å². The van der Waals surface area contributed by atoms with Crippen LogP contribution in [0.15, 0.2) is 29.5 Å². The molecule has 0 amide bonds. The number of nitrogens with zero attached hydrogens (tertiary/aromatic N) is 1. The first-order chi connectivity index (χ1) is 11.5. The first kappa shape index (κ1) is 18.9. The highest BCUT2D eigenvalue weighted by Gasteiger charge is 2.17. The zero-order valence-corrected chi connectivity index (χ0v) is 16.1. The van der Waals surface area contributed by atoms with E-state index in [-0.39, 0.29) is 0 Å². The average molecular weight is 329 g/mol. The summed E-state index contributed by atoms with van der Waals surface area (Å²) < 4.78 is 1.77. The van der Waals surface area contributed by atoms with Crippen LogP contribution < -0.4 is 5.84 Å². The minimum Gasteiger partial charge on any atom is -0.339 e. The van der Waals surface area contributed by atoms with Gasteiger partial charge in [-0.05, 0) is 68.2 Å². The van der Waals surface area contributed by atoms with E-state index in [1.807, 2.05) is 6.20 Å². The van der Waals surface area contributed by atoms with E-state index in [0.717, 1.165) is 18.0 Å². The Morgan fingerprint density at radius 3 is 2.62 bits per heavy atom. The third-order valence-corrected chi connectivity index (χ3v) is 5.67. The molecule has 2 N–H and O–H groups in total. The van der Waals surface area contributed by atoms with Gasteiger partial charge in [0.2, 0.25) is 0 Å². The number of aromatic nitrogens is 1. The highest BCUT2D eigenvalue weighted by atomic mass is 15.3. The van der Waals surface area contributed by atoms with Crippen molar-refractivity contribution in [3.63, 3.8) is 0 Å². The quantitative estimate of drug-likeness (QED) is 0.514. The molecule has 0 aliphatic heterocycles. The van der Waals surface area contributed by atoms with Crippen molar-refractivity contribution in [3.05, 3.63) is 40.7 Å². The van der Waals surface area contributed by atoms with Gasteiger partial charge in [-0.2, -0.15) is 0 Å². The van der Waals surface area contributed by atoms with Crippen molar-refractivity contribution < 1.29 is 0 Å². The zero-order chi connectivity index (χ0) is 17.5. The predicted octanol–water partition coefficient (Wildman–Crippen LogP) is 6.25. The molecule has 2 heteroatoms. The van der Waals surface area contributed by atoms with Gasteiger partial charge in [0.1, 0.15) is 0 Å². The van der Waals surface area contributed by atoms with Gasteiger partial charge >= 0.3 is 0 Å². The topological polar surface area (TPSA) is 30.9 Å². The van der Waals surface area contributed by atoms with E-state index in [2.05, 4.69) is 45.9 Å². The van der Waals surface area contributed by atoms with E-state index in [4.69, 9.17) is 5.84 Å². The molecular formula is C22H36N2. The minimum absolute atomic E-state index is 0.668. The lowest BCUT2D eigenvalue weighted by Crippen LogP contribution is -2.10. The summed E-state index contributed by atoms with van der Waals surface area (Å²) in [5.41, 5.74) is 5.35. The maximum Gasteiger partial charge on any atom is 0.0649 e. The lowest BCUT2D eigenvalue weighted by molar-refractivity contribution is 0.432. The van der Waals surface area contributed by atoms with Gasteiger partial charge < -0.3 is 5.84 Å². The number of rotatable bonds is 4. The van der Waals surface area contributed by atoms with Gasteiger partial charge in [0.15, 0.2) is 0 Å². The highest BCUT2D eigenvalue weighted by Crippen LogP contribution is 2.32. The fourth-order valence-electron chi connectivity index (χ4n) is 3.74. The molecule has 2 unspecified atom stereocenters. The summed E-state index contributed by atoms with van der Waals surface area (Å²) in [6, 6.07) is 2.10. The van der Waals surface area contributed by atoms with Gasteiger partial charge in [-0.15, -0.1) is 0 Å². The van der Waals surface area contributed by atoms with E-state index in [0.29, 0.717) is 5.92 Å². The zero-order valence-electron chi connectivity index (χ0n) is 16.1. The Bertz CT molecular complexity index is 557. The van der Waals surface area contributed by atoms with Gasteiger partial charge in [-0.3, -0.25) is 4.68 Å². The molecule has 1 saturated carbocycles. The molecular weight excluding hydrogens is 292 g/mol. The Hall–Kier alpha value is -1.44. The average Bonchev–Trinajstić information content (AvgIpc) is 2.92. The molecule has 0 spiro atoms. The fourth-order valence-corrected chi connectivity index (χ4v) is 3.74. The normalized spacial score (nSPS) is 24.3. The van der Waals surface area contributed by atoms with E-state index in [1.165, 1.54) is 61.7 Å². The second kappa shape index (κ2) is 9.15. The Labute approximate surface area is 148 Å². The lowest BCUT2D eigenvalue weighted by atomic mass is 9.86. The van der Waals surface area contributed by atoms with Crippen molar-refractivity contribution in [1.29, 1.82) is 0 Å². The molecule has 1 heterocycles.